The van der Waals surface area contributed by atoms with E-state index in [9.17, 15) is 29.4 Å². The number of aryl methyl sites for hydroxylation is 1. The number of aromatic hydroxyl groups is 2. The molecular weight excluding hydrogens is 736 g/mol. The number of nitrogens with zero attached hydrogens (tertiary/aromatic N) is 5. The van der Waals surface area contributed by atoms with E-state index in [0.29, 0.717) is 66.6 Å². The molecule has 6 rings (SSSR count). The van der Waals surface area contributed by atoms with Gasteiger partial charge in [-0.05, 0) is 74.9 Å². The van der Waals surface area contributed by atoms with Crippen molar-refractivity contribution in [1.82, 2.24) is 29.5 Å². The van der Waals surface area contributed by atoms with Gasteiger partial charge in [0.2, 0.25) is 11.7 Å². The van der Waals surface area contributed by atoms with Crippen LogP contribution in [0.1, 0.15) is 90.7 Å². The minimum Gasteiger partial charge on any atom is -0.507 e. The Labute approximate surface area is 328 Å². The number of phenolic OH excluding ortho intramolecular Hbond substituents is 2. The highest BCUT2D eigenvalue weighted by molar-refractivity contribution is 5.98. The number of aromatic nitrogens is 5. The molecule has 57 heavy (non-hydrogen) atoms. The number of benzene rings is 2. The maximum atomic E-state index is 13.8. The number of nitrogens with one attached hydrogen (secondary N) is 1. The number of ether oxygens (including phenoxy) is 4. The average molecular weight is 783 g/mol. The average Bonchev–Trinajstić information content (AvgIpc) is 3.57. The van der Waals surface area contributed by atoms with E-state index in [-0.39, 0.29) is 70.5 Å². The van der Waals surface area contributed by atoms with Gasteiger partial charge in [0.15, 0.2) is 11.5 Å². The van der Waals surface area contributed by atoms with Crippen molar-refractivity contribution in [2.75, 3.05) is 27.9 Å². The zero-order chi connectivity index (χ0) is 40.8. The molecule has 1 aliphatic heterocycles. The second-order valence-electron chi connectivity index (χ2n) is 13.9. The van der Waals surface area contributed by atoms with Crippen molar-refractivity contribution in [2.45, 2.75) is 77.4 Å². The fraction of sp³-hybridized carbons (Fsp3) is 0.390. The van der Waals surface area contributed by atoms with Crippen molar-refractivity contribution >= 4 is 40.4 Å². The first-order valence-electron chi connectivity index (χ1n) is 18.7. The van der Waals surface area contributed by atoms with E-state index in [2.05, 4.69) is 20.4 Å². The third-order valence-corrected chi connectivity index (χ3v) is 9.97. The zero-order valence-electron chi connectivity index (χ0n) is 32.5. The molecule has 1 aliphatic rings. The summed E-state index contributed by atoms with van der Waals surface area (Å²) < 4.78 is 25.4. The van der Waals surface area contributed by atoms with Crippen LogP contribution in [0.5, 0.6) is 28.7 Å². The molecule has 2 unspecified atom stereocenters. The monoisotopic (exact) mass is 782 g/mol. The van der Waals surface area contributed by atoms with Crippen molar-refractivity contribution in [1.29, 1.82) is 0 Å². The van der Waals surface area contributed by atoms with E-state index >= 15 is 0 Å². The van der Waals surface area contributed by atoms with Gasteiger partial charge in [0.05, 0.1) is 38.3 Å². The quantitative estimate of drug-likeness (QED) is 0.160. The maximum Gasteiger partial charge on any atom is 0.342 e. The number of phenols is 2. The van der Waals surface area contributed by atoms with E-state index in [4.69, 9.17) is 18.9 Å². The SMILES string of the molecule is COc1cc(C(CC(=O)NCCn2ccc3c(cnc4nc(C)nn43)c2=O)c2c(O)cc3c(c2O)C(=O)OC(C)CCCC(=O)CCCC=C3)cc(OC)c1OC. The third-order valence-electron chi connectivity index (χ3n) is 9.97. The van der Waals surface area contributed by atoms with E-state index in [1.54, 1.807) is 50.4 Å². The van der Waals surface area contributed by atoms with Gasteiger partial charge in [-0.25, -0.2) is 9.78 Å². The number of esters is 1. The van der Waals surface area contributed by atoms with Crippen LogP contribution in [0.2, 0.25) is 0 Å². The number of rotatable bonds is 10. The highest BCUT2D eigenvalue weighted by Gasteiger charge is 2.32. The van der Waals surface area contributed by atoms with Gasteiger partial charge in [0.1, 0.15) is 28.7 Å². The molecule has 0 spiro atoms. The number of fused-ring (bicyclic) bond motifs is 4. The molecule has 0 radical (unpaired) electrons. The van der Waals surface area contributed by atoms with Gasteiger partial charge in [-0.2, -0.15) is 9.50 Å². The normalized spacial score (nSPS) is 15.8. The molecule has 3 aromatic heterocycles. The Kier molecular flexibility index (Phi) is 12.4. The van der Waals surface area contributed by atoms with Gasteiger partial charge in [-0.15, -0.1) is 5.10 Å². The Morgan fingerprint density at radius 1 is 1.05 bits per heavy atom. The topological polar surface area (TPSA) is 206 Å². The lowest BCUT2D eigenvalue weighted by Crippen LogP contribution is -2.31. The lowest BCUT2D eigenvalue weighted by molar-refractivity contribution is -0.121. The second kappa shape index (κ2) is 17.6. The summed E-state index contributed by atoms with van der Waals surface area (Å²) in [7, 11) is 4.31. The number of carbonyl (C=O) groups is 3. The smallest absolute Gasteiger partial charge is 0.342 e. The Morgan fingerprint density at radius 2 is 1.79 bits per heavy atom. The van der Waals surface area contributed by atoms with E-state index in [1.165, 1.54) is 42.7 Å². The summed E-state index contributed by atoms with van der Waals surface area (Å²) in [5.41, 5.74) is 0.529. The number of methoxy groups -OCH3 is 3. The third kappa shape index (κ3) is 8.69. The summed E-state index contributed by atoms with van der Waals surface area (Å²) in [6, 6.07) is 6.28. The number of hydrogen-bond donors (Lipinski definition) is 3. The Balaban J connectivity index is 1.35. The highest BCUT2D eigenvalue weighted by atomic mass is 16.5. The van der Waals surface area contributed by atoms with E-state index < -0.39 is 29.6 Å². The summed E-state index contributed by atoms with van der Waals surface area (Å²) in [6.07, 6.45) is 8.44. The number of cyclic esters (lactones) is 1. The standard InChI is InChI=1S/C41H46N6O10/c1-23-10-9-13-27(48)12-8-6-7-11-25-18-31(49)36(37(51)35(25)40(53)57-23)28(26-19-32(54-3)38(56-5)33(20-26)55-4)21-34(50)42-15-17-46-16-14-30-29(39(46)52)22-43-41-44-24(2)45-47(30)41/h7,11,14,16,18-20,22-23,28,49,51H,6,8-10,12-13,15,17,21H2,1-5H3,(H,42,50). The van der Waals surface area contributed by atoms with Crippen LogP contribution in [-0.2, 0) is 20.9 Å². The Morgan fingerprint density at radius 3 is 2.51 bits per heavy atom. The number of carbonyl (C=O) groups excluding carboxylic acids is 3. The number of ketones is 1. The molecule has 2 aromatic carbocycles. The first kappa shape index (κ1) is 40.2. The molecule has 2 atom stereocenters. The first-order chi connectivity index (χ1) is 27.4. The summed E-state index contributed by atoms with van der Waals surface area (Å²) in [5, 5.41) is 31.1. The summed E-state index contributed by atoms with van der Waals surface area (Å²) >= 11 is 0. The maximum absolute atomic E-state index is 13.8. The lowest BCUT2D eigenvalue weighted by atomic mass is 9.84. The first-order valence-corrected chi connectivity index (χ1v) is 18.7. The van der Waals surface area contributed by atoms with Crippen molar-refractivity contribution in [2.24, 2.45) is 0 Å². The van der Waals surface area contributed by atoms with Crippen molar-refractivity contribution in [3.05, 3.63) is 81.2 Å². The van der Waals surface area contributed by atoms with Crippen molar-refractivity contribution in [3.8, 4) is 28.7 Å². The second-order valence-corrected chi connectivity index (χ2v) is 13.9. The van der Waals surface area contributed by atoms with Gasteiger partial charge < -0.3 is 39.0 Å². The number of allylic oxidation sites excluding steroid dienone is 1. The molecule has 16 heteroatoms. The van der Waals surface area contributed by atoms with E-state index in [1.807, 2.05) is 0 Å². The van der Waals surface area contributed by atoms with Crippen LogP contribution in [0.3, 0.4) is 0 Å². The van der Waals surface area contributed by atoms with Crippen LogP contribution in [0, 0.1) is 6.92 Å². The molecule has 5 aromatic rings. The number of amides is 1. The number of hydrogen-bond acceptors (Lipinski definition) is 13. The number of Topliss-reactive ketones (excluding diaryl/α,β-unsaturated/α-hetero) is 1. The fourth-order valence-corrected chi connectivity index (χ4v) is 7.12. The number of pyridine rings is 1. The van der Waals surface area contributed by atoms with Crippen LogP contribution in [0.25, 0.3) is 22.8 Å². The van der Waals surface area contributed by atoms with Gasteiger partial charge in [0.25, 0.3) is 11.3 Å². The molecule has 0 fully saturated rings. The molecule has 3 N–H and O–H groups in total. The fourth-order valence-electron chi connectivity index (χ4n) is 7.12. The van der Waals surface area contributed by atoms with Crippen LogP contribution in [0.4, 0.5) is 0 Å². The predicted octanol–water partition coefficient (Wildman–Crippen LogP) is 5.00. The largest absolute Gasteiger partial charge is 0.507 e. The molecule has 4 heterocycles. The van der Waals surface area contributed by atoms with Gasteiger partial charge in [-0.1, -0.05) is 12.2 Å². The highest BCUT2D eigenvalue weighted by Crippen LogP contribution is 2.47. The summed E-state index contributed by atoms with van der Waals surface area (Å²) in [6.45, 7) is 3.61. The van der Waals surface area contributed by atoms with Crippen LogP contribution in [0.15, 0.2) is 47.5 Å². The predicted molar refractivity (Wildman–Crippen MR) is 209 cm³/mol. The molecular formula is C41H46N6O10. The molecule has 300 valence electrons. The minimum atomic E-state index is -1.07. The summed E-state index contributed by atoms with van der Waals surface area (Å²) in [5.74, 6) is -1.50. The van der Waals surface area contributed by atoms with Crippen LogP contribution in [-0.4, -0.2) is 86.0 Å². The minimum absolute atomic E-state index is 0.0487. The Hall–Kier alpha value is -6.45. The van der Waals surface area contributed by atoms with Gasteiger partial charge >= 0.3 is 5.97 Å². The van der Waals surface area contributed by atoms with Crippen molar-refractivity contribution < 1.29 is 43.5 Å². The molecule has 0 bridgehead atoms. The lowest BCUT2D eigenvalue weighted by Gasteiger charge is -2.24. The molecule has 0 saturated carbocycles. The van der Waals surface area contributed by atoms with Gasteiger partial charge in [-0.3, -0.25) is 14.4 Å². The van der Waals surface area contributed by atoms with Gasteiger partial charge in [0, 0.05) is 56.2 Å². The van der Waals surface area contributed by atoms with Crippen molar-refractivity contribution in [3.63, 3.8) is 0 Å². The van der Waals surface area contributed by atoms with E-state index in [0.717, 1.165) is 0 Å². The Bertz CT molecular complexity index is 2390. The zero-order valence-corrected chi connectivity index (χ0v) is 32.5. The molecule has 16 nitrogen and oxygen atoms in total. The van der Waals surface area contributed by atoms with Crippen LogP contribution >= 0.6 is 0 Å². The molecule has 0 aliphatic carbocycles. The molecule has 0 saturated heterocycles. The van der Waals surface area contributed by atoms with Crippen LogP contribution < -0.4 is 25.1 Å². The molecule has 1 amide bonds. The summed E-state index contributed by atoms with van der Waals surface area (Å²) in [4.78, 5) is 61.8.